The number of aromatic nitrogens is 1. The molecule has 1 atom stereocenters. The molecule has 21 heavy (non-hydrogen) atoms. The highest BCUT2D eigenvalue weighted by Crippen LogP contribution is 2.32. The van der Waals surface area contributed by atoms with Gasteiger partial charge in [-0.15, -0.1) is 0 Å². The Balaban J connectivity index is 1.74. The fourth-order valence-electron chi connectivity index (χ4n) is 2.61. The summed E-state index contributed by atoms with van der Waals surface area (Å²) >= 11 is 0. The van der Waals surface area contributed by atoms with Crippen molar-refractivity contribution in [2.24, 2.45) is 0 Å². The van der Waals surface area contributed by atoms with Crippen LogP contribution in [0.3, 0.4) is 0 Å². The van der Waals surface area contributed by atoms with E-state index >= 15 is 0 Å². The number of urea groups is 1. The zero-order chi connectivity index (χ0) is 14.8. The summed E-state index contributed by atoms with van der Waals surface area (Å²) in [7, 11) is 0. The normalized spacial score (nSPS) is 18.0. The van der Waals surface area contributed by atoms with Crippen molar-refractivity contribution in [3.8, 4) is 0 Å². The predicted molar refractivity (Wildman–Crippen MR) is 75.3 cm³/mol. The van der Waals surface area contributed by atoms with Gasteiger partial charge in [-0.05, 0) is 38.0 Å². The third-order valence-electron chi connectivity index (χ3n) is 3.56. The molecule has 0 bridgehead atoms. The van der Waals surface area contributed by atoms with Crippen LogP contribution < -0.4 is 5.32 Å². The molecule has 110 valence electrons. The van der Waals surface area contributed by atoms with Crippen molar-refractivity contribution in [3.63, 3.8) is 0 Å². The van der Waals surface area contributed by atoms with Crippen molar-refractivity contribution in [1.82, 2.24) is 10.1 Å². The van der Waals surface area contributed by atoms with Gasteiger partial charge in [-0.25, -0.2) is 9.18 Å². The van der Waals surface area contributed by atoms with E-state index in [0.717, 1.165) is 18.5 Å². The molecule has 2 amide bonds. The van der Waals surface area contributed by atoms with Gasteiger partial charge in [0.1, 0.15) is 5.82 Å². The van der Waals surface area contributed by atoms with Gasteiger partial charge >= 0.3 is 6.03 Å². The van der Waals surface area contributed by atoms with Crippen molar-refractivity contribution in [2.75, 3.05) is 11.9 Å². The van der Waals surface area contributed by atoms with Crippen LogP contribution in [0.4, 0.5) is 14.9 Å². The molecule has 1 aromatic heterocycles. The van der Waals surface area contributed by atoms with Crippen molar-refractivity contribution in [1.29, 1.82) is 0 Å². The van der Waals surface area contributed by atoms with E-state index in [4.69, 9.17) is 4.52 Å². The van der Waals surface area contributed by atoms with Gasteiger partial charge in [0, 0.05) is 18.3 Å². The summed E-state index contributed by atoms with van der Waals surface area (Å²) in [5, 5.41) is 6.58. The molecule has 1 aliphatic heterocycles. The minimum Gasteiger partial charge on any atom is -0.359 e. The van der Waals surface area contributed by atoms with Gasteiger partial charge < -0.3 is 14.7 Å². The fraction of sp³-hybridized carbons (Fsp3) is 0.333. The number of hydrogen-bond donors (Lipinski definition) is 1. The van der Waals surface area contributed by atoms with E-state index in [9.17, 15) is 9.18 Å². The van der Waals surface area contributed by atoms with Crippen molar-refractivity contribution < 1.29 is 13.7 Å². The Morgan fingerprint density at radius 2 is 2.33 bits per heavy atom. The number of likely N-dealkylation sites (tertiary alicyclic amines) is 1. The summed E-state index contributed by atoms with van der Waals surface area (Å²) in [6.45, 7) is 2.49. The van der Waals surface area contributed by atoms with E-state index in [1.54, 1.807) is 17.0 Å². The molecule has 1 N–H and O–H groups in total. The molecule has 0 radical (unpaired) electrons. The van der Waals surface area contributed by atoms with E-state index in [0.29, 0.717) is 18.0 Å². The summed E-state index contributed by atoms with van der Waals surface area (Å²) in [5.74, 6) is 0.316. The Morgan fingerprint density at radius 3 is 3.05 bits per heavy atom. The first-order valence-corrected chi connectivity index (χ1v) is 6.90. The quantitative estimate of drug-likeness (QED) is 0.920. The van der Waals surface area contributed by atoms with E-state index in [1.165, 1.54) is 12.1 Å². The Morgan fingerprint density at radius 1 is 1.48 bits per heavy atom. The molecule has 0 aliphatic carbocycles. The van der Waals surface area contributed by atoms with Crippen molar-refractivity contribution in [3.05, 3.63) is 47.6 Å². The van der Waals surface area contributed by atoms with Crippen LogP contribution in [0.15, 0.2) is 34.9 Å². The second-order valence-electron chi connectivity index (χ2n) is 5.16. The van der Waals surface area contributed by atoms with Crippen LogP contribution in [-0.4, -0.2) is 22.6 Å². The minimum atomic E-state index is -0.378. The standard InChI is InChI=1S/C15H16FN3O2/c1-10-8-14(21-18-10)13-6-3-7-19(13)15(20)17-12-5-2-4-11(16)9-12/h2,4-5,8-9,13H,3,6-7H2,1H3,(H,17,20)/t13-/m0/s1. The van der Waals surface area contributed by atoms with Crippen LogP contribution in [0.5, 0.6) is 0 Å². The number of benzene rings is 1. The van der Waals surface area contributed by atoms with Gasteiger partial charge in [-0.1, -0.05) is 11.2 Å². The largest absolute Gasteiger partial charge is 0.359 e. The van der Waals surface area contributed by atoms with Crippen molar-refractivity contribution >= 4 is 11.7 Å². The summed E-state index contributed by atoms with van der Waals surface area (Å²) in [5.41, 5.74) is 1.24. The van der Waals surface area contributed by atoms with Crippen LogP contribution in [0, 0.1) is 12.7 Å². The van der Waals surface area contributed by atoms with E-state index in [-0.39, 0.29) is 17.9 Å². The topological polar surface area (TPSA) is 58.4 Å². The van der Waals surface area contributed by atoms with Crippen LogP contribution in [0.25, 0.3) is 0 Å². The molecule has 5 nitrogen and oxygen atoms in total. The maximum Gasteiger partial charge on any atom is 0.322 e. The van der Waals surface area contributed by atoms with Crippen LogP contribution in [-0.2, 0) is 0 Å². The summed E-state index contributed by atoms with van der Waals surface area (Å²) in [6, 6.07) is 7.33. The zero-order valence-electron chi connectivity index (χ0n) is 11.7. The SMILES string of the molecule is Cc1cc([C@@H]2CCCN2C(=O)Nc2cccc(F)c2)on1. The van der Waals surface area contributed by atoms with Gasteiger partial charge in [-0.2, -0.15) is 0 Å². The lowest BCUT2D eigenvalue weighted by molar-refractivity contribution is 0.195. The Labute approximate surface area is 121 Å². The molecule has 6 heteroatoms. The molecule has 1 aromatic carbocycles. The number of anilines is 1. The maximum absolute atomic E-state index is 13.2. The molecular weight excluding hydrogens is 273 g/mol. The van der Waals surface area contributed by atoms with Gasteiger partial charge in [0.15, 0.2) is 5.76 Å². The molecule has 3 rings (SSSR count). The highest BCUT2D eigenvalue weighted by atomic mass is 19.1. The summed E-state index contributed by atoms with van der Waals surface area (Å²) in [6.07, 6.45) is 1.74. The number of carbonyl (C=O) groups is 1. The van der Waals surface area contributed by atoms with Gasteiger partial charge in [0.05, 0.1) is 11.7 Å². The zero-order valence-corrected chi connectivity index (χ0v) is 11.7. The molecule has 1 saturated heterocycles. The fourth-order valence-corrected chi connectivity index (χ4v) is 2.61. The minimum absolute atomic E-state index is 0.111. The average Bonchev–Trinajstić information content (AvgIpc) is 3.06. The second-order valence-corrected chi connectivity index (χ2v) is 5.16. The number of nitrogens with zero attached hydrogens (tertiary/aromatic N) is 2. The number of aryl methyl sites for hydroxylation is 1. The predicted octanol–water partition coefficient (Wildman–Crippen LogP) is 3.49. The molecular formula is C15H16FN3O2. The average molecular weight is 289 g/mol. The lowest BCUT2D eigenvalue weighted by Gasteiger charge is -2.23. The molecule has 0 spiro atoms. The van der Waals surface area contributed by atoms with E-state index < -0.39 is 0 Å². The third kappa shape index (κ3) is 2.89. The molecule has 1 fully saturated rings. The number of rotatable bonds is 2. The lowest BCUT2D eigenvalue weighted by atomic mass is 10.1. The van der Waals surface area contributed by atoms with Crippen LogP contribution >= 0.6 is 0 Å². The van der Waals surface area contributed by atoms with E-state index in [1.807, 2.05) is 13.0 Å². The molecule has 0 saturated carbocycles. The Hall–Kier alpha value is -2.37. The number of nitrogens with one attached hydrogen (secondary N) is 1. The Bertz CT molecular complexity index is 656. The van der Waals surface area contributed by atoms with Gasteiger partial charge in [0.2, 0.25) is 0 Å². The van der Waals surface area contributed by atoms with Crippen LogP contribution in [0.2, 0.25) is 0 Å². The molecule has 2 aromatic rings. The number of amides is 2. The lowest BCUT2D eigenvalue weighted by Crippen LogP contribution is -2.34. The highest BCUT2D eigenvalue weighted by Gasteiger charge is 2.32. The van der Waals surface area contributed by atoms with Gasteiger partial charge in [0.25, 0.3) is 0 Å². The monoisotopic (exact) mass is 289 g/mol. The number of carbonyl (C=O) groups excluding carboxylic acids is 1. The van der Waals surface area contributed by atoms with E-state index in [2.05, 4.69) is 10.5 Å². The number of hydrogen-bond acceptors (Lipinski definition) is 3. The molecule has 1 aliphatic rings. The van der Waals surface area contributed by atoms with Crippen molar-refractivity contribution in [2.45, 2.75) is 25.8 Å². The maximum atomic E-state index is 13.2. The van der Waals surface area contributed by atoms with Gasteiger partial charge in [-0.3, -0.25) is 0 Å². The smallest absolute Gasteiger partial charge is 0.322 e. The Kier molecular flexibility index (Phi) is 3.60. The molecule has 2 heterocycles. The number of halogens is 1. The summed E-state index contributed by atoms with van der Waals surface area (Å²) < 4.78 is 18.4. The first-order valence-electron chi connectivity index (χ1n) is 6.90. The second kappa shape index (κ2) is 5.55. The summed E-state index contributed by atoms with van der Waals surface area (Å²) in [4.78, 5) is 14.0. The highest BCUT2D eigenvalue weighted by molar-refractivity contribution is 5.89. The third-order valence-corrected chi connectivity index (χ3v) is 3.56. The first kappa shape index (κ1) is 13.6. The first-order chi connectivity index (χ1) is 10.1. The van der Waals surface area contributed by atoms with Crippen LogP contribution in [0.1, 0.15) is 30.3 Å². The molecule has 0 unspecified atom stereocenters.